The molecule has 4 rings (SSSR count). The highest BCUT2D eigenvalue weighted by Gasteiger charge is 2.37. The largest absolute Gasteiger partial charge is 0.494 e. The third kappa shape index (κ3) is 6.40. The third-order valence-electron chi connectivity index (χ3n) is 6.66. The van der Waals surface area contributed by atoms with E-state index in [1.807, 2.05) is 32.9 Å². The topological polar surface area (TPSA) is 97.0 Å². The second kappa shape index (κ2) is 11.5. The van der Waals surface area contributed by atoms with Gasteiger partial charge in [0.05, 0.1) is 37.3 Å². The summed E-state index contributed by atoms with van der Waals surface area (Å²) in [6, 6.07) is 7.17. The van der Waals surface area contributed by atoms with E-state index < -0.39 is 11.4 Å². The van der Waals surface area contributed by atoms with Crippen LogP contribution in [0.15, 0.2) is 30.5 Å². The first-order chi connectivity index (χ1) is 17.7. The lowest BCUT2D eigenvalue weighted by Gasteiger charge is -2.29. The fraction of sp³-hybridized carbons (Fsp3) is 0.536. The van der Waals surface area contributed by atoms with Crippen LogP contribution in [0.1, 0.15) is 61.4 Å². The number of ether oxygens (including phenoxy) is 3. The fourth-order valence-electron chi connectivity index (χ4n) is 4.95. The van der Waals surface area contributed by atoms with Crippen molar-refractivity contribution in [2.75, 3.05) is 46.0 Å². The molecule has 1 fully saturated rings. The Kier molecular flexibility index (Phi) is 8.34. The number of hydrogen-bond donors (Lipinski definition) is 1. The van der Waals surface area contributed by atoms with Crippen molar-refractivity contribution >= 4 is 17.4 Å². The Balaban J connectivity index is 1.47. The molecule has 0 aliphatic carbocycles. The average molecular weight is 511 g/mol. The number of rotatable bonds is 8. The van der Waals surface area contributed by atoms with Crippen molar-refractivity contribution in [1.29, 1.82) is 0 Å². The maximum Gasteiger partial charge on any atom is 0.342 e. The number of benzene rings is 1. The van der Waals surface area contributed by atoms with Gasteiger partial charge in [0, 0.05) is 48.9 Å². The number of fused-ring (bicyclic) bond motifs is 1. The number of nitrogens with one attached hydrogen (secondary N) is 1. The van der Waals surface area contributed by atoms with Gasteiger partial charge in [0.2, 0.25) is 0 Å². The minimum absolute atomic E-state index is 0.197. The number of carbonyl (C=O) groups is 2. The zero-order valence-corrected chi connectivity index (χ0v) is 22.5. The molecule has 1 saturated heterocycles. The normalized spacial score (nSPS) is 17.7. The van der Waals surface area contributed by atoms with Crippen LogP contribution in [-0.4, -0.2) is 84.0 Å². The van der Waals surface area contributed by atoms with Crippen molar-refractivity contribution in [2.45, 2.75) is 52.6 Å². The molecular formula is C28H38N4O5. The first-order valence-electron chi connectivity index (χ1n) is 13.0. The van der Waals surface area contributed by atoms with Gasteiger partial charge in [0.15, 0.2) is 0 Å². The summed E-state index contributed by atoms with van der Waals surface area (Å²) in [6.07, 6.45) is 2.23. The van der Waals surface area contributed by atoms with Gasteiger partial charge in [0.1, 0.15) is 11.3 Å². The van der Waals surface area contributed by atoms with E-state index >= 15 is 0 Å². The molecule has 2 aliphatic rings. The lowest BCUT2D eigenvalue weighted by Crippen LogP contribution is -2.37. The number of aromatic nitrogens is 2. The molecule has 2 aromatic rings. The second-order valence-corrected chi connectivity index (χ2v) is 10.6. The van der Waals surface area contributed by atoms with Gasteiger partial charge in [-0.3, -0.25) is 14.8 Å². The summed E-state index contributed by atoms with van der Waals surface area (Å²) in [5, 5.41) is 7.34. The van der Waals surface area contributed by atoms with Crippen LogP contribution < -0.4 is 4.74 Å². The lowest BCUT2D eigenvalue weighted by molar-refractivity contribution is -0.140. The number of amides is 1. The van der Waals surface area contributed by atoms with Crippen LogP contribution in [0.25, 0.3) is 5.57 Å². The predicted molar refractivity (Wildman–Crippen MR) is 140 cm³/mol. The molecule has 9 heteroatoms. The van der Waals surface area contributed by atoms with Crippen molar-refractivity contribution < 1.29 is 23.8 Å². The van der Waals surface area contributed by atoms with Crippen LogP contribution in [0.5, 0.6) is 5.75 Å². The number of esters is 1. The summed E-state index contributed by atoms with van der Waals surface area (Å²) in [5.74, 6) is 0.0388. The van der Waals surface area contributed by atoms with Crippen molar-refractivity contribution in [1.82, 2.24) is 20.0 Å². The molecule has 0 unspecified atom stereocenters. The van der Waals surface area contributed by atoms with E-state index in [0.717, 1.165) is 56.3 Å². The maximum atomic E-state index is 13.6. The smallest absolute Gasteiger partial charge is 0.342 e. The highest BCUT2D eigenvalue weighted by molar-refractivity contribution is 6.17. The van der Waals surface area contributed by atoms with Crippen molar-refractivity contribution in [3.05, 3.63) is 53.0 Å². The molecule has 1 aromatic carbocycles. The van der Waals surface area contributed by atoms with Crippen LogP contribution in [0.3, 0.4) is 0 Å². The van der Waals surface area contributed by atoms with E-state index in [4.69, 9.17) is 14.2 Å². The van der Waals surface area contributed by atoms with Crippen molar-refractivity contribution in [3.63, 3.8) is 0 Å². The minimum atomic E-state index is -0.490. The average Bonchev–Trinajstić information content (AvgIpc) is 3.20. The number of nitrogens with zero attached hydrogens (tertiary/aromatic N) is 3. The molecule has 0 atom stereocenters. The van der Waals surface area contributed by atoms with Gasteiger partial charge >= 0.3 is 5.97 Å². The summed E-state index contributed by atoms with van der Waals surface area (Å²) < 4.78 is 16.8. The number of hydrogen-bond acceptors (Lipinski definition) is 7. The summed E-state index contributed by atoms with van der Waals surface area (Å²) in [5.41, 5.74) is 2.68. The predicted octanol–water partition coefficient (Wildman–Crippen LogP) is 3.55. The van der Waals surface area contributed by atoms with E-state index in [1.165, 1.54) is 0 Å². The van der Waals surface area contributed by atoms with Crippen LogP contribution in [0, 0.1) is 6.92 Å². The number of aromatic amines is 1. The highest BCUT2D eigenvalue weighted by Crippen LogP contribution is 2.37. The Bertz CT molecular complexity index is 1130. The van der Waals surface area contributed by atoms with Crippen LogP contribution in [0.4, 0.5) is 0 Å². The van der Waals surface area contributed by atoms with Gasteiger partial charge in [-0.15, -0.1) is 0 Å². The molecule has 0 spiro atoms. The fourth-order valence-corrected chi connectivity index (χ4v) is 4.95. The van der Waals surface area contributed by atoms with Crippen LogP contribution in [0.2, 0.25) is 0 Å². The molecule has 200 valence electrons. The zero-order valence-electron chi connectivity index (χ0n) is 22.5. The van der Waals surface area contributed by atoms with Crippen molar-refractivity contribution in [3.8, 4) is 5.75 Å². The second-order valence-electron chi connectivity index (χ2n) is 10.6. The van der Waals surface area contributed by atoms with Gasteiger partial charge in [-0.2, -0.15) is 5.10 Å². The third-order valence-corrected chi connectivity index (χ3v) is 6.66. The Labute approximate surface area is 218 Å². The Morgan fingerprint density at radius 3 is 2.54 bits per heavy atom. The van der Waals surface area contributed by atoms with Gasteiger partial charge < -0.3 is 19.1 Å². The summed E-state index contributed by atoms with van der Waals surface area (Å²) in [7, 11) is 0. The minimum Gasteiger partial charge on any atom is -0.494 e. The molecular weight excluding hydrogens is 472 g/mol. The molecule has 3 heterocycles. The summed E-state index contributed by atoms with van der Waals surface area (Å²) >= 11 is 0. The maximum absolute atomic E-state index is 13.6. The van der Waals surface area contributed by atoms with Crippen LogP contribution >= 0.6 is 0 Å². The standard InChI is InChI=1S/C28H38N4O5/c1-19(2)37-27(34)23-17-32(18-28(4,5)24-20(3)29-30-25(23)24)26(33)21-7-9-22(10-8-21)36-14-6-11-31-12-15-35-16-13-31/h7-10,17,19H,6,11-16,18H2,1-5H3,(H,29,30). The van der Waals surface area contributed by atoms with Gasteiger partial charge in [-0.25, -0.2) is 4.79 Å². The van der Waals surface area contributed by atoms with Gasteiger partial charge in [0.25, 0.3) is 5.91 Å². The highest BCUT2D eigenvalue weighted by atomic mass is 16.5. The van der Waals surface area contributed by atoms with E-state index in [0.29, 0.717) is 30.0 Å². The molecule has 1 amide bonds. The SMILES string of the molecule is Cc1n[nH]c2c1C(C)(C)CN(C(=O)c1ccc(OCCCN3CCOCC3)cc1)C=C2C(=O)OC(C)C. The number of aryl methyl sites for hydroxylation is 1. The van der Waals surface area contributed by atoms with E-state index in [2.05, 4.69) is 15.1 Å². The number of carbonyl (C=O) groups excluding carboxylic acids is 2. The van der Waals surface area contributed by atoms with Gasteiger partial charge in [-0.05, 0) is 51.5 Å². The molecule has 0 saturated carbocycles. The summed E-state index contributed by atoms with van der Waals surface area (Å²) in [6.45, 7) is 15.1. The van der Waals surface area contributed by atoms with Crippen molar-refractivity contribution in [2.24, 2.45) is 0 Å². The van der Waals surface area contributed by atoms with E-state index in [-0.39, 0.29) is 12.0 Å². The molecule has 0 bridgehead atoms. The number of morpholine rings is 1. The molecule has 0 radical (unpaired) electrons. The molecule has 37 heavy (non-hydrogen) atoms. The van der Waals surface area contributed by atoms with Gasteiger partial charge in [-0.1, -0.05) is 13.8 Å². The van der Waals surface area contributed by atoms with Crippen LogP contribution in [-0.2, 0) is 19.7 Å². The van der Waals surface area contributed by atoms with E-state index in [9.17, 15) is 9.59 Å². The molecule has 1 aromatic heterocycles. The first-order valence-corrected chi connectivity index (χ1v) is 13.0. The quantitative estimate of drug-likeness (QED) is 0.429. The Morgan fingerprint density at radius 2 is 1.86 bits per heavy atom. The Hall–Kier alpha value is -3.17. The summed E-state index contributed by atoms with van der Waals surface area (Å²) in [4.78, 5) is 30.6. The Morgan fingerprint density at radius 1 is 1.16 bits per heavy atom. The molecule has 1 N–H and O–H groups in total. The monoisotopic (exact) mass is 510 g/mol. The zero-order chi connectivity index (χ0) is 26.6. The lowest BCUT2D eigenvalue weighted by atomic mass is 9.82. The first kappa shape index (κ1) is 26.9. The molecule has 2 aliphatic heterocycles. The number of H-pyrrole nitrogens is 1. The molecule has 9 nitrogen and oxygen atoms in total. The van der Waals surface area contributed by atoms with E-state index in [1.54, 1.807) is 37.1 Å².